The Labute approximate surface area is 108 Å². The fourth-order valence-corrected chi connectivity index (χ4v) is 2.38. The van der Waals surface area contributed by atoms with Crippen molar-refractivity contribution >= 4 is 11.9 Å². The molecule has 1 fully saturated rings. The fraction of sp³-hybridized carbons (Fsp3) is 0.846. The Morgan fingerprint density at radius 2 is 2.00 bits per heavy atom. The summed E-state index contributed by atoms with van der Waals surface area (Å²) in [5, 5.41) is 12.0. The minimum absolute atomic E-state index is 0.138. The Hall–Kier alpha value is -1.10. The topological polar surface area (TPSA) is 75.6 Å². The van der Waals surface area contributed by atoms with E-state index in [1.165, 1.54) is 0 Å². The molecule has 1 saturated heterocycles. The van der Waals surface area contributed by atoms with Crippen LogP contribution in [0.2, 0.25) is 0 Å². The third-order valence-electron chi connectivity index (χ3n) is 3.96. The van der Waals surface area contributed by atoms with E-state index >= 15 is 0 Å². The first kappa shape index (κ1) is 15.0. The smallest absolute Gasteiger partial charge is 0.329 e. The number of hydrogen-bond acceptors (Lipinski definition) is 3. The van der Waals surface area contributed by atoms with Gasteiger partial charge in [-0.15, -0.1) is 0 Å². The molecule has 1 aliphatic rings. The molecule has 0 aromatic rings. The highest BCUT2D eigenvalue weighted by Crippen LogP contribution is 2.24. The first-order valence-electron chi connectivity index (χ1n) is 6.60. The summed E-state index contributed by atoms with van der Waals surface area (Å²) in [5.41, 5.74) is -1.13. The van der Waals surface area contributed by atoms with Crippen LogP contribution in [0.4, 0.5) is 0 Å². The van der Waals surface area contributed by atoms with Crippen LogP contribution < -0.4 is 5.32 Å². The molecule has 2 atom stereocenters. The summed E-state index contributed by atoms with van der Waals surface area (Å²) in [6.45, 7) is 6.66. The van der Waals surface area contributed by atoms with Gasteiger partial charge in [-0.3, -0.25) is 4.79 Å². The number of carboxylic acids is 1. The Morgan fingerprint density at radius 3 is 2.44 bits per heavy atom. The second-order valence-electron chi connectivity index (χ2n) is 5.03. The zero-order chi connectivity index (χ0) is 13.8. The van der Waals surface area contributed by atoms with E-state index in [9.17, 15) is 14.7 Å². The molecule has 0 bridgehead atoms. The number of rotatable bonds is 5. The van der Waals surface area contributed by atoms with E-state index in [0.29, 0.717) is 32.5 Å². The van der Waals surface area contributed by atoms with Crippen molar-refractivity contribution in [1.29, 1.82) is 0 Å². The van der Waals surface area contributed by atoms with Gasteiger partial charge < -0.3 is 15.2 Å². The first-order chi connectivity index (χ1) is 8.46. The van der Waals surface area contributed by atoms with E-state index in [0.717, 1.165) is 0 Å². The second-order valence-corrected chi connectivity index (χ2v) is 5.03. The number of aliphatic carboxylic acids is 1. The molecular weight excluding hydrogens is 234 g/mol. The number of hydrogen-bond donors (Lipinski definition) is 2. The van der Waals surface area contributed by atoms with Crippen molar-refractivity contribution in [3.63, 3.8) is 0 Å². The predicted octanol–water partition coefficient (Wildman–Crippen LogP) is 1.42. The van der Waals surface area contributed by atoms with Crippen LogP contribution in [0.3, 0.4) is 0 Å². The van der Waals surface area contributed by atoms with Gasteiger partial charge in [-0.25, -0.2) is 4.79 Å². The van der Waals surface area contributed by atoms with E-state index in [4.69, 9.17) is 4.74 Å². The van der Waals surface area contributed by atoms with Crippen LogP contribution in [-0.2, 0) is 14.3 Å². The molecule has 0 aliphatic carbocycles. The molecule has 1 aliphatic heterocycles. The zero-order valence-electron chi connectivity index (χ0n) is 11.4. The van der Waals surface area contributed by atoms with Gasteiger partial charge in [0.05, 0.1) is 0 Å². The lowest BCUT2D eigenvalue weighted by Crippen LogP contribution is -2.56. The summed E-state index contributed by atoms with van der Waals surface area (Å²) in [6, 6.07) is 0. The average Bonchev–Trinajstić information content (AvgIpc) is 2.36. The van der Waals surface area contributed by atoms with Crippen molar-refractivity contribution in [2.75, 3.05) is 13.2 Å². The summed E-state index contributed by atoms with van der Waals surface area (Å²) in [5.74, 6) is -1.12. The van der Waals surface area contributed by atoms with Gasteiger partial charge >= 0.3 is 5.97 Å². The van der Waals surface area contributed by atoms with E-state index in [-0.39, 0.29) is 17.7 Å². The van der Waals surface area contributed by atoms with Gasteiger partial charge in [-0.2, -0.15) is 0 Å². The number of carboxylic acid groups (broad SMARTS) is 1. The minimum Gasteiger partial charge on any atom is -0.480 e. The van der Waals surface area contributed by atoms with E-state index < -0.39 is 11.5 Å². The maximum atomic E-state index is 12.2. The van der Waals surface area contributed by atoms with Gasteiger partial charge in [0, 0.05) is 19.1 Å². The van der Waals surface area contributed by atoms with Crippen LogP contribution in [0.1, 0.15) is 40.0 Å². The molecule has 2 N–H and O–H groups in total. The van der Waals surface area contributed by atoms with Crippen LogP contribution in [0.5, 0.6) is 0 Å². The minimum atomic E-state index is -1.13. The molecule has 0 radical (unpaired) electrons. The molecule has 1 rings (SSSR count). The zero-order valence-corrected chi connectivity index (χ0v) is 11.4. The quantitative estimate of drug-likeness (QED) is 0.781. The highest BCUT2D eigenvalue weighted by Gasteiger charge is 2.39. The van der Waals surface area contributed by atoms with Gasteiger partial charge in [0.1, 0.15) is 5.54 Å². The van der Waals surface area contributed by atoms with Gasteiger partial charge in [0.2, 0.25) is 5.91 Å². The fourth-order valence-electron chi connectivity index (χ4n) is 2.38. The number of nitrogens with one attached hydrogen (secondary N) is 1. The van der Waals surface area contributed by atoms with Gasteiger partial charge in [-0.1, -0.05) is 20.8 Å². The molecule has 5 nitrogen and oxygen atoms in total. The maximum absolute atomic E-state index is 12.2. The van der Waals surface area contributed by atoms with Crippen molar-refractivity contribution in [2.45, 2.75) is 45.6 Å². The average molecular weight is 257 g/mol. The molecular formula is C13H23NO4. The van der Waals surface area contributed by atoms with Crippen molar-refractivity contribution in [2.24, 2.45) is 11.8 Å². The molecule has 0 spiro atoms. The van der Waals surface area contributed by atoms with Gasteiger partial charge in [-0.05, 0) is 25.2 Å². The Morgan fingerprint density at radius 1 is 1.39 bits per heavy atom. The second kappa shape index (κ2) is 6.18. The lowest BCUT2D eigenvalue weighted by atomic mass is 9.86. The molecule has 2 unspecified atom stereocenters. The molecule has 5 heteroatoms. The van der Waals surface area contributed by atoms with E-state index in [1.807, 2.05) is 6.92 Å². The Bertz CT molecular complexity index is 312. The summed E-state index contributed by atoms with van der Waals surface area (Å²) < 4.78 is 5.30. The Kier molecular flexibility index (Phi) is 5.14. The summed E-state index contributed by atoms with van der Waals surface area (Å²) in [7, 11) is 0. The molecule has 0 aromatic carbocycles. The van der Waals surface area contributed by atoms with Crippen LogP contribution in [0, 0.1) is 11.8 Å². The lowest BCUT2D eigenvalue weighted by Gasteiger charge is -2.33. The molecule has 104 valence electrons. The monoisotopic (exact) mass is 257 g/mol. The molecule has 1 amide bonds. The third kappa shape index (κ3) is 3.02. The van der Waals surface area contributed by atoms with Crippen molar-refractivity contribution in [3.8, 4) is 0 Å². The highest BCUT2D eigenvalue weighted by molar-refractivity contribution is 5.88. The van der Waals surface area contributed by atoms with Gasteiger partial charge in [0.25, 0.3) is 0 Å². The number of carbonyl (C=O) groups is 2. The predicted molar refractivity (Wildman–Crippen MR) is 67.2 cm³/mol. The van der Waals surface area contributed by atoms with Crippen LogP contribution in [-0.4, -0.2) is 35.7 Å². The van der Waals surface area contributed by atoms with Crippen LogP contribution in [0.15, 0.2) is 0 Å². The number of amides is 1. The van der Waals surface area contributed by atoms with Crippen molar-refractivity contribution in [1.82, 2.24) is 5.32 Å². The molecule has 0 saturated carbocycles. The SMILES string of the molecule is CCC(CC)(NC(=O)C1CCOCC1C)C(=O)O. The highest BCUT2D eigenvalue weighted by atomic mass is 16.5. The van der Waals surface area contributed by atoms with Gasteiger partial charge in [0.15, 0.2) is 0 Å². The van der Waals surface area contributed by atoms with E-state index in [2.05, 4.69) is 5.32 Å². The maximum Gasteiger partial charge on any atom is 0.329 e. The summed E-state index contributed by atoms with van der Waals surface area (Å²) >= 11 is 0. The molecule has 1 heterocycles. The molecule has 18 heavy (non-hydrogen) atoms. The molecule has 0 aromatic heterocycles. The number of carbonyl (C=O) groups excluding carboxylic acids is 1. The Balaban J connectivity index is 2.75. The van der Waals surface area contributed by atoms with Crippen LogP contribution in [0.25, 0.3) is 0 Å². The summed E-state index contributed by atoms with van der Waals surface area (Å²) in [4.78, 5) is 23.6. The standard InChI is InChI=1S/C13H23NO4/c1-4-13(5-2,12(16)17)14-11(15)10-6-7-18-8-9(10)3/h9-10H,4-8H2,1-3H3,(H,14,15)(H,16,17). The van der Waals surface area contributed by atoms with E-state index in [1.54, 1.807) is 13.8 Å². The van der Waals surface area contributed by atoms with Crippen molar-refractivity contribution < 1.29 is 19.4 Å². The lowest BCUT2D eigenvalue weighted by molar-refractivity contribution is -0.150. The largest absolute Gasteiger partial charge is 0.480 e. The first-order valence-corrected chi connectivity index (χ1v) is 6.60. The van der Waals surface area contributed by atoms with Crippen LogP contribution >= 0.6 is 0 Å². The van der Waals surface area contributed by atoms with Crippen molar-refractivity contribution in [3.05, 3.63) is 0 Å². The normalized spacial score (nSPS) is 24.6. The number of ether oxygens (including phenoxy) is 1. The summed E-state index contributed by atoms with van der Waals surface area (Å²) in [6.07, 6.45) is 1.44. The third-order valence-corrected chi connectivity index (χ3v) is 3.96.